The zero-order chi connectivity index (χ0) is 17.7. The summed E-state index contributed by atoms with van der Waals surface area (Å²) in [5.74, 6) is -4.83. The van der Waals surface area contributed by atoms with Crippen molar-refractivity contribution in [2.24, 2.45) is 11.8 Å². The highest BCUT2D eigenvalue weighted by atomic mass is 19.1. The van der Waals surface area contributed by atoms with Crippen LogP contribution in [0.1, 0.15) is 29.6 Å². The highest BCUT2D eigenvalue weighted by Gasteiger charge is 2.33. The Kier molecular flexibility index (Phi) is 5.83. The lowest BCUT2D eigenvalue weighted by atomic mass is 10.0. The van der Waals surface area contributed by atoms with Crippen molar-refractivity contribution in [3.05, 3.63) is 35.4 Å². The number of benzene rings is 1. The summed E-state index contributed by atoms with van der Waals surface area (Å²) in [6.45, 7) is 0.0995. The molecule has 0 saturated heterocycles. The SMILES string of the molecule is O=C(NCCNC(=O)[C@H]1CC[C@@H](C(=O)O)C1)c1c(F)cccc1F. The highest BCUT2D eigenvalue weighted by Crippen LogP contribution is 2.30. The Labute approximate surface area is 137 Å². The number of hydrogen-bond acceptors (Lipinski definition) is 3. The number of carboxylic acid groups (broad SMARTS) is 1. The van der Waals surface area contributed by atoms with Crippen LogP contribution in [0.5, 0.6) is 0 Å². The zero-order valence-electron chi connectivity index (χ0n) is 12.9. The van der Waals surface area contributed by atoms with Gasteiger partial charge in [-0.2, -0.15) is 0 Å². The molecule has 1 aromatic rings. The topological polar surface area (TPSA) is 95.5 Å². The summed E-state index contributed by atoms with van der Waals surface area (Å²) >= 11 is 0. The molecule has 0 spiro atoms. The van der Waals surface area contributed by atoms with Gasteiger partial charge in [0.05, 0.1) is 5.92 Å². The van der Waals surface area contributed by atoms with E-state index in [0.29, 0.717) is 19.3 Å². The van der Waals surface area contributed by atoms with E-state index in [-0.39, 0.29) is 24.9 Å². The largest absolute Gasteiger partial charge is 0.481 e. The maximum absolute atomic E-state index is 13.4. The maximum atomic E-state index is 13.4. The van der Waals surface area contributed by atoms with E-state index < -0.39 is 35.0 Å². The zero-order valence-corrected chi connectivity index (χ0v) is 12.9. The number of carboxylic acids is 1. The Morgan fingerprint density at radius 3 is 2.21 bits per heavy atom. The lowest BCUT2D eigenvalue weighted by Crippen LogP contribution is -2.37. The van der Waals surface area contributed by atoms with Crippen LogP contribution in [0, 0.1) is 23.5 Å². The Morgan fingerprint density at radius 1 is 1.04 bits per heavy atom. The molecular formula is C16H18F2N2O4. The number of carbonyl (C=O) groups excluding carboxylic acids is 2. The molecule has 24 heavy (non-hydrogen) atoms. The fraction of sp³-hybridized carbons (Fsp3) is 0.438. The monoisotopic (exact) mass is 340 g/mol. The van der Waals surface area contributed by atoms with E-state index in [1.807, 2.05) is 0 Å². The molecule has 1 saturated carbocycles. The number of aliphatic carboxylic acids is 1. The Morgan fingerprint density at radius 2 is 1.62 bits per heavy atom. The van der Waals surface area contributed by atoms with Crippen molar-refractivity contribution in [1.82, 2.24) is 10.6 Å². The van der Waals surface area contributed by atoms with E-state index in [4.69, 9.17) is 5.11 Å². The first-order valence-electron chi connectivity index (χ1n) is 7.63. The molecule has 0 bridgehead atoms. The Hall–Kier alpha value is -2.51. The molecule has 8 heteroatoms. The average molecular weight is 340 g/mol. The first-order chi connectivity index (χ1) is 11.4. The second-order valence-electron chi connectivity index (χ2n) is 5.69. The van der Waals surface area contributed by atoms with Crippen LogP contribution < -0.4 is 10.6 Å². The molecule has 0 aliphatic heterocycles. The van der Waals surface area contributed by atoms with E-state index in [2.05, 4.69) is 10.6 Å². The van der Waals surface area contributed by atoms with Gasteiger partial charge in [0.15, 0.2) is 0 Å². The lowest BCUT2D eigenvalue weighted by Gasteiger charge is -2.11. The molecule has 0 radical (unpaired) electrons. The molecule has 1 aliphatic carbocycles. The predicted octanol–water partition coefficient (Wildman–Crippen LogP) is 1.31. The number of hydrogen-bond donors (Lipinski definition) is 3. The molecule has 0 unspecified atom stereocenters. The lowest BCUT2D eigenvalue weighted by molar-refractivity contribution is -0.141. The van der Waals surface area contributed by atoms with Crippen LogP contribution in [-0.4, -0.2) is 36.0 Å². The normalized spacial score (nSPS) is 19.8. The fourth-order valence-electron chi connectivity index (χ4n) is 2.75. The minimum Gasteiger partial charge on any atom is -0.481 e. The minimum absolute atomic E-state index is 0.00737. The third-order valence-electron chi connectivity index (χ3n) is 4.05. The average Bonchev–Trinajstić information content (AvgIpc) is 3.01. The molecule has 3 N–H and O–H groups in total. The molecule has 6 nitrogen and oxygen atoms in total. The van der Waals surface area contributed by atoms with Gasteiger partial charge in [0, 0.05) is 19.0 Å². The second-order valence-corrected chi connectivity index (χ2v) is 5.69. The summed E-state index contributed by atoms with van der Waals surface area (Å²) in [5, 5.41) is 13.8. The summed E-state index contributed by atoms with van der Waals surface area (Å²) < 4.78 is 26.9. The van der Waals surface area contributed by atoms with Gasteiger partial charge < -0.3 is 15.7 Å². The molecule has 1 aromatic carbocycles. The van der Waals surface area contributed by atoms with Crippen LogP contribution in [-0.2, 0) is 9.59 Å². The van der Waals surface area contributed by atoms with Gasteiger partial charge in [-0.3, -0.25) is 14.4 Å². The Bertz CT molecular complexity index is 631. The summed E-state index contributed by atoms with van der Waals surface area (Å²) in [6, 6.07) is 3.13. The predicted molar refractivity (Wildman–Crippen MR) is 80.2 cm³/mol. The standard InChI is InChI=1S/C16H18F2N2O4/c17-11-2-1-3-12(18)13(11)15(22)20-7-6-19-14(21)9-4-5-10(8-9)16(23)24/h1-3,9-10H,4-8H2,(H,19,21)(H,20,22)(H,23,24)/t9-,10+/m0/s1. The minimum atomic E-state index is -0.956. The van der Waals surface area contributed by atoms with Crippen LogP contribution in [0.2, 0.25) is 0 Å². The molecule has 1 aliphatic rings. The van der Waals surface area contributed by atoms with Crippen molar-refractivity contribution in [3.63, 3.8) is 0 Å². The van der Waals surface area contributed by atoms with Crippen molar-refractivity contribution < 1.29 is 28.3 Å². The van der Waals surface area contributed by atoms with Crippen molar-refractivity contribution in [2.45, 2.75) is 19.3 Å². The van der Waals surface area contributed by atoms with Gasteiger partial charge in [0.25, 0.3) is 5.91 Å². The molecule has 0 aromatic heterocycles. The smallest absolute Gasteiger partial charge is 0.306 e. The van der Waals surface area contributed by atoms with E-state index in [0.717, 1.165) is 18.2 Å². The van der Waals surface area contributed by atoms with E-state index in [1.54, 1.807) is 0 Å². The first kappa shape index (κ1) is 17.8. The van der Waals surface area contributed by atoms with Gasteiger partial charge in [-0.15, -0.1) is 0 Å². The van der Waals surface area contributed by atoms with Crippen molar-refractivity contribution in [1.29, 1.82) is 0 Å². The van der Waals surface area contributed by atoms with Gasteiger partial charge in [-0.25, -0.2) is 8.78 Å². The van der Waals surface area contributed by atoms with E-state index in [9.17, 15) is 23.2 Å². The maximum Gasteiger partial charge on any atom is 0.306 e. The number of carbonyl (C=O) groups is 3. The van der Waals surface area contributed by atoms with Crippen molar-refractivity contribution in [2.75, 3.05) is 13.1 Å². The van der Waals surface area contributed by atoms with E-state index >= 15 is 0 Å². The molecule has 0 heterocycles. The third kappa shape index (κ3) is 4.27. The number of rotatable bonds is 6. The summed E-state index contributed by atoms with van der Waals surface area (Å²) in [5.41, 5.74) is -0.663. The van der Waals surface area contributed by atoms with Crippen LogP contribution in [0.25, 0.3) is 0 Å². The molecule has 2 rings (SSSR count). The molecule has 130 valence electrons. The summed E-state index contributed by atoms with van der Waals surface area (Å²) in [6.07, 6.45) is 1.28. The van der Waals surface area contributed by atoms with Crippen molar-refractivity contribution >= 4 is 17.8 Å². The van der Waals surface area contributed by atoms with E-state index in [1.165, 1.54) is 0 Å². The summed E-state index contributed by atoms with van der Waals surface area (Å²) in [4.78, 5) is 34.5. The van der Waals surface area contributed by atoms with Gasteiger partial charge in [0.1, 0.15) is 17.2 Å². The van der Waals surface area contributed by atoms with Gasteiger partial charge in [-0.05, 0) is 31.4 Å². The number of amides is 2. The molecule has 2 atom stereocenters. The van der Waals surface area contributed by atoms with Gasteiger partial charge in [0.2, 0.25) is 5.91 Å². The van der Waals surface area contributed by atoms with Crippen LogP contribution >= 0.6 is 0 Å². The van der Waals surface area contributed by atoms with Gasteiger partial charge >= 0.3 is 5.97 Å². The summed E-state index contributed by atoms with van der Waals surface area (Å²) in [7, 11) is 0. The fourth-order valence-corrected chi connectivity index (χ4v) is 2.75. The quantitative estimate of drug-likeness (QED) is 0.681. The molecule has 1 fully saturated rings. The number of nitrogens with one attached hydrogen (secondary N) is 2. The van der Waals surface area contributed by atoms with Crippen LogP contribution in [0.3, 0.4) is 0 Å². The van der Waals surface area contributed by atoms with Crippen LogP contribution in [0.4, 0.5) is 8.78 Å². The number of halogens is 2. The van der Waals surface area contributed by atoms with Crippen LogP contribution in [0.15, 0.2) is 18.2 Å². The third-order valence-corrected chi connectivity index (χ3v) is 4.05. The Balaban J connectivity index is 1.74. The van der Waals surface area contributed by atoms with Gasteiger partial charge in [-0.1, -0.05) is 6.07 Å². The van der Waals surface area contributed by atoms with Crippen molar-refractivity contribution in [3.8, 4) is 0 Å². The molecular weight excluding hydrogens is 322 g/mol. The second kappa shape index (κ2) is 7.85. The first-order valence-corrected chi connectivity index (χ1v) is 7.63. The highest BCUT2D eigenvalue weighted by molar-refractivity contribution is 5.94. The molecule has 2 amide bonds.